The maximum absolute atomic E-state index is 12.3. The summed E-state index contributed by atoms with van der Waals surface area (Å²) in [7, 11) is 0. The summed E-state index contributed by atoms with van der Waals surface area (Å²) in [6.45, 7) is 6.87. The Morgan fingerprint density at radius 3 is 2.60 bits per heavy atom. The van der Waals surface area contributed by atoms with E-state index >= 15 is 0 Å². The van der Waals surface area contributed by atoms with Crippen molar-refractivity contribution < 1.29 is 14.3 Å². The van der Waals surface area contributed by atoms with Crippen LogP contribution in [0.15, 0.2) is 36.4 Å². The highest BCUT2D eigenvalue weighted by atomic mass is 16.6. The molecule has 0 aliphatic carbocycles. The van der Waals surface area contributed by atoms with Crippen LogP contribution in [-0.2, 0) is 4.79 Å². The first-order valence-corrected chi connectivity index (χ1v) is 8.28. The lowest BCUT2D eigenvalue weighted by Crippen LogP contribution is -2.45. The van der Waals surface area contributed by atoms with Gasteiger partial charge >= 0.3 is 0 Å². The minimum Gasteiger partial charge on any atom is -0.486 e. The van der Waals surface area contributed by atoms with Crippen molar-refractivity contribution in [2.75, 3.05) is 18.5 Å². The molecule has 1 amide bonds. The number of carbonyl (C=O) groups excluding carboxylic acids is 1. The lowest BCUT2D eigenvalue weighted by Gasteiger charge is -2.25. The van der Waals surface area contributed by atoms with E-state index in [4.69, 9.17) is 15.2 Å². The minimum atomic E-state index is -0.618. The summed E-state index contributed by atoms with van der Waals surface area (Å²) < 4.78 is 11.1. The van der Waals surface area contributed by atoms with Crippen LogP contribution < -0.4 is 20.5 Å². The lowest BCUT2D eigenvalue weighted by molar-refractivity contribution is -0.119. The number of aromatic nitrogens is 1. The topological polar surface area (TPSA) is 86.5 Å². The van der Waals surface area contributed by atoms with Crippen molar-refractivity contribution in [1.29, 1.82) is 0 Å². The number of ether oxygens (including phenoxy) is 2. The smallest absolute Gasteiger partial charge is 0.242 e. The van der Waals surface area contributed by atoms with Gasteiger partial charge in [0.2, 0.25) is 5.91 Å². The van der Waals surface area contributed by atoms with Crippen LogP contribution in [0.1, 0.15) is 20.8 Å². The second kappa shape index (κ2) is 6.72. The van der Waals surface area contributed by atoms with E-state index in [0.29, 0.717) is 24.8 Å². The third-order valence-corrected chi connectivity index (χ3v) is 4.05. The molecule has 0 saturated carbocycles. The molecule has 0 saturated heterocycles. The highest BCUT2D eigenvalue weighted by Gasteiger charge is 2.27. The SMILES string of the molecule is CC(C)(C)[C@H](N)C(=O)Nc1cccc(-c2ccc3c(c2)OCCO3)n1. The monoisotopic (exact) mass is 341 g/mol. The predicted octanol–water partition coefficient (Wildman–Crippen LogP) is 2.83. The van der Waals surface area contributed by atoms with Crippen LogP contribution in [0.4, 0.5) is 5.82 Å². The van der Waals surface area contributed by atoms with Gasteiger partial charge in [0.15, 0.2) is 11.5 Å². The van der Waals surface area contributed by atoms with Gasteiger partial charge in [0.25, 0.3) is 0 Å². The molecule has 132 valence electrons. The zero-order valence-corrected chi connectivity index (χ0v) is 14.7. The number of nitrogens with zero attached hydrogens (tertiary/aromatic N) is 1. The van der Waals surface area contributed by atoms with E-state index in [9.17, 15) is 4.79 Å². The van der Waals surface area contributed by atoms with Crippen molar-refractivity contribution in [2.45, 2.75) is 26.8 Å². The molecule has 0 bridgehead atoms. The van der Waals surface area contributed by atoms with Crippen LogP contribution >= 0.6 is 0 Å². The first-order valence-electron chi connectivity index (χ1n) is 8.28. The Morgan fingerprint density at radius 2 is 1.88 bits per heavy atom. The summed E-state index contributed by atoms with van der Waals surface area (Å²) in [4.78, 5) is 16.8. The molecule has 2 heterocycles. The summed E-state index contributed by atoms with van der Waals surface area (Å²) in [5.41, 5.74) is 7.30. The number of fused-ring (bicyclic) bond motifs is 1. The van der Waals surface area contributed by atoms with Crippen LogP contribution in [-0.4, -0.2) is 30.1 Å². The van der Waals surface area contributed by atoms with Crippen LogP contribution in [0, 0.1) is 5.41 Å². The van der Waals surface area contributed by atoms with Crippen molar-refractivity contribution in [3.8, 4) is 22.8 Å². The van der Waals surface area contributed by atoms with E-state index in [1.807, 2.05) is 51.1 Å². The van der Waals surface area contributed by atoms with Crippen molar-refractivity contribution in [1.82, 2.24) is 4.98 Å². The zero-order chi connectivity index (χ0) is 18.0. The van der Waals surface area contributed by atoms with E-state index in [1.165, 1.54) is 0 Å². The van der Waals surface area contributed by atoms with Gasteiger partial charge in [-0.1, -0.05) is 26.8 Å². The molecule has 0 fully saturated rings. The van der Waals surface area contributed by atoms with Crippen LogP contribution in [0.25, 0.3) is 11.3 Å². The Balaban J connectivity index is 1.81. The molecule has 1 atom stereocenters. The lowest BCUT2D eigenvalue weighted by atomic mass is 9.87. The van der Waals surface area contributed by atoms with Gasteiger partial charge < -0.3 is 20.5 Å². The second-order valence-electron chi connectivity index (χ2n) is 7.10. The largest absolute Gasteiger partial charge is 0.486 e. The molecule has 1 aliphatic heterocycles. The molecular formula is C19H23N3O3. The van der Waals surface area contributed by atoms with Gasteiger partial charge in [-0.2, -0.15) is 0 Å². The average Bonchev–Trinajstić information content (AvgIpc) is 2.60. The average molecular weight is 341 g/mol. The molecule has 2 aromatic rings. The predicted molar refractivity (Wildman–Crippen MR) is 96.7 cm³/mol. The fraction of sp³-hybridized carbons (Fsp3) is 0.368. The van der Waals surface area contributed by atoms with Gasteiger partial charge in [-0.05, 0) is 35.7 Å². The number of hydrogen-bond donors (Lipinski definition) is 2. The van der Waals surface area contributed by atoms with Crippen molar-refractivity contribution in [3.05, 3.63) is 36.4 Å². The third kappa shape index (κ3) is 3.91. The molecule has 0 radical (unpaired) electrons. The van der Waals surface area contributed by atoms with E-state index in [1.54, 1.807) is 6.07 Å². The fourth-order valence-corrected chi connectivity index (χ4v) is 2.47. The van der Waals surface area contributed by atoms with E-state index < -0.39 is 6.04 Å². The Bertz CT molecular complexity index is 784. The molecular weight excluding hydrogens is 318 g/mol. The maximum Gasteiger partial charge on any atom is 0.242 e. The number of anilines is 1. The first kappa shape index (κ1) is 17.2. The number of carbonyl (C=O) groups is 1. The Kier molecular flexibility index (Phi) is 4.63. The summed E-state index contributed by atoms with van der Waals surface area (Å²) in [6.07, 6.45) is 0. The molecule has 1 aromatic carbocycles. The fourth-order valence-electron chi connectivity index (χ4n) is 2.47. The highest BCUT2D eigenvalue weighted by Crippen LogP contribution is 2.34. The number of nitrogens with one attached hydrogen (secondary N) is 1. The molecule has 1 aromatic heterocycles. The maximum atomic E-state index is 12.3. The molecule has 3 N–H and O–H groups in total. The number of amides is 1. The Morgan fingerprint density at radius 1 is 1.16 bits per heavy atom. The molecule has 1 aliphatic rings. The molecule has 6 heteroatoms. The summed E-state index contributed by atoms with van der Waals surface area (Å²) in [6, 6.07) is 10.5. The summed E-state index contributed by atoms with van der Waals surface area (Å²) in [5.74, 6) is 1.65. The van der Waals surface area contributed by atoms with Gasteiger partial charge in [-0.3, -0.25) is 4.79 Å². The van der Waals surface area contributed by atoms with Gasteiger partial charge in [0.1, 0.15) is 19.0 Å². The molecule has 3 rings (SSSR count). The number of rotatable bonds is 3. The standard InChI is InChI=1S/C19H23N3O3/c1-19(2,3)17(20)18(23)22-16-6-4-5-13(21-16)12-7-8-14-15(11-12)25-10-9-24-14/h4-8,11,17H,9-10,20H2,1-3H3,(H,21,22,23)/t17-/m1/s1. The number of nitrogens with two attached hydrogens (primary N) is 1. The third-order valence-electron chi connectivity index (χ3n) is 4.05. The Hall–Kier alpha value is -2.60. The van der Waals surface area contributed by atoms with Crippen molar-refractivity contribution in [2.24, 2.45) is 11.1 Å². The van der Waals surface area contributed by atoms with Gasteiger partial charge in [0.05, 0.1) is 11.7 Å². The van der Waals surface area contributed by atoms with Gasteiger partial charge in [0, 0.05) is 5.56 Å². The van der Waals surface area contributed by atoms with Crippen LogP contribution in [0.3, 0.4) is 0 Å². The minimum absolute atomic E-state index is 0.251. The van der Waals surface area contributed by atoms with Gasteiger partial charge in [-0.25, -0.2) is 4.98 Å². The number of benzene rings is 1. The van der Waals surface area contributed by atoms with E-state index in [-0.39, 0.29) is 11.3 Å². The van der Waals surface area contributed by atoms with Crippen LogP contribution in [0.2, 0.25) is 0 Å². The zero-order valence-electron chi connectivity index (χ0n) is 14.7. The number of pyridine rings is 1. The van der Waals surface area contributed by atoms with Crippen LogP contribution in [0.5, 0.6) is 11.5 Å². The quantitative estimate of drug-likeness (QED) is 0.896. The molecule has 0 spiro atoms. The summed E-state index contributed by atoms with van der Waals surface area (Å²) >= 11 is 0. The van der Waals surface area contributed by atoms with E-state index in [0.717, 1.165) is 17.0 Å². The molecule has 6 nitrogen and oxygen atoms in total. The van der Waals surface area contributed by atoms with Gasteiger partial charge in [-0.15, -0.1) is 0 Å². The molecule has 0 unspecified atom stereocenters. The normalized spacial score (nSPS) is 14.7. The van der Waals surface area contributed by atoms with Crippen molar-refractivity contribution in [3.63, 3.8) is 0 Å². The second-order valence-corrected chi connectivity index (χ2v) is 7.10. The number of hydrogen-bond acceptors (Lipinski definition) is 5. The van der Waals surface area contributed by atoms with E-state index in [2.05, 4.69) is 10.3 Å². The van der Waals surface area contributed by atoms with Crippen molar-refractivity contribution >= 4 is 11.7 Å². The highest BCUT2D eigenvalue weighted by molar-refractivity contribution is 5.94. The molecule has 25 heavy (non-hydrogen) atoms. The Labute approximate surface area is 147 Å². The summed E-state index contributed by atoms with van der Waals surface area (Å²) in [5, 5.41) is 2.79. The first-order chi connectivity index (χ1) is 11.8.